The highest BCUT2D eigenvalue weighted by Gasteiger charge is 2.46. The Hall–Kier alpha value is -0.760. The molecule has 186 valence electrons. The van der Waals surface area contributed by atoms with E-state index in [-0.39, 0.29) is 46.2 Å². The first kappa shape index (κ1) is 26.3. The van der Waals surface area contributed by atoms with Gasteiger partial charge in [0, 0.05) is 48.6 Å². The average Bonchev–Trinajstić information content (AvgIpc) is 2.80. The molecule has 2 atom stereocenters. The molecular formula is C28H38Br2N2O2. The molecule has 2 unspecified atom stereocenters. The van der Waals surface area contributed by atoms with Crippen LogP contribution in [-0.4, -0.2) is 70.7 Å². The molecule has 0 radical (unpaired) electrons. The number of hydrogen-bond acceptors (Lipinski definition) is 2. The van der Waals surface area contributed by atoms with Gasteiger partial charge >= 0.3 is 0 Å². The van der Waals surface area contributed by atoms with Gasteiger partial charge < -0.3 is 53.1 Å². The zero-order chi connectivity index (χ0) is 21.8. The number of hydrogen-bond donors (Lipinski definition) is 2. The SMILES string of the molecule is OC1C[N+]2(Cc3cccc(-c4cccc(C[N+]56CCC(CC5)C(O)C6)c4)c3)CCC1CC2.[Br-].[Br-]. The molecule has 4 bridgehead atoms. The molecule has 0 spiro atoms. The van der Waals surface area contributed by atoms with Crippen molar-refractivity contribution in [1.29, 1.82) is 0 Å². The zero-order valence-electron chi connectivity index (χ0n) is 20.0. The van der Waals surface area contributed by atoms with Gasteiger partial charge in [0.25, 0.3) is 0 Å². The maximum Gasteiger partial charge on any atom is 0.106 e. The van der Waals surface area contributed by atoms with Crippen molar-refractivity contribution in [1.82, 2.24) is 0 Å². The topological polar surface area (TPSA) is 40.5 Å². The minimum Gasteiger partial charge on any atom is -1.00 e. The summed E-state index contributed by atoms with van der Waals surface area (Å²) in [5, 5.41) is 20.9. The fourth-order valence-corrected chi connectivity index (χ4v) is 7.42. The third kappa shape index (κ3) is 5.05. The van der Waals surface area contributed by atoms with Crippen LogP contribution in [0.25, 0.3) is 11.1 Å². The fraction of sp³-hybridized carbons (Fsp3) is 0.571. The Morgan fingerprint density at radius 3 is 1.35 bits per heavy atom. The lowest BCUT2D eigenvalue weighted by atomic mass is 9.83. The van der Waals surface area contributed by atoms with E-state index in [1.54, 1.807) is 0 Å². The van der Waals surface area contributed by atoms with Gasteiger partial charge in [-0.05, 0) is 23.3 Å². The molecule has 6 aliphatic heterocycles. The number of aliphatic hydroxyl groups is 2. The minimum atomic E-state index is -0.108. The summed E-state index contributed by atoms with van der Waals surface area (Å²) in [6.07, 6.45) is 4.50. The number of quaternary nitrogens is 2. The number of benzene rings is 2. The Bertz CT molecular complexity index is 904. The van der Waals surface area contributed by atoms with Crippen molar-refractivity contribution in [2.75, 3.05) is 39.3 Å². The lowest BCUT2D eigenvalue weighted by Crippen LogP contribution is -3.00. The summed E-state index contributed by atoms with van der Waals surface area (Å²) in [5.74, 6) is 1.09. The maximum absolute atomic E-state index is 10.5. The number of halogens is 2. The molecule has 2 N–H and O–H groups in total. The van der Waals surface area contributed by atoms with E-state index < -0.39 is 0 Å². The van der Waals surface area contributed by atoms with Crippen LogP contribution in [0.3, 0.4) is 0 Å². The Morgan fingerprint density at radius 2 is 1.00 bits per heavy atom. The van der Waals surface area contributed by atoms with Gasteiger partial charge in [-0.3, -0.25) is 0 Å². The summed E-state index contributed by atoms with van der Waals surface area (Å²) < 4.78 is 2.12. The first-order valence-electron chi connectivity index (χ1n) is 12.8. The van der Waals surface area contributed by atoms with E-state index >= 15 is 0 Å². The largest absolute Gasteiger partial charge is 1.00 e. The monoisotopic (exact) mass is 592 g/mol. The van der Waals surface area contributed by atoms with Gasteiger partial charge in [-0.1, -0.05) is 36.4 Å². The average molecular weight is 594 g/mol. The van der Waals surface area contributed by atoms with Crippen molar-refractivity contribution >= 4 is 0 Å². The van der Waals surface area contributed by atoms with E-state index in [0.29, 0.717) is 11.8 Å². The molecule has 34 heavy (non-hydrogen) atoms. The summed E-state index contributed by atoms with van der Waals surface area (Å²) in [6.45, 7) is 8.80. The fourth-order valence-electron chi connectivity index (χ4n) is 7.42. The third-order valence-electron chi connectivity index (χ3n) is 9.36. The Labute approximate surface area is 225 Å². The molecule has 2 aromatic rings. The van der Waals surface area contributed by atoms with Crippen molar-refractivity contribution in [3.05, 3.63) is 59.7 Å². The minimum absolute atomic E-state index is 0. The zero-order valence-corrected chi connectivity index (χ0v) is 23.1. The van der Waals surface area contributed by atoms with Crippen LogP contribution in [0.1, 0.15) is 36.8 Å². The first-order valence-corrected chi connectivity index (χ1v) is 12.8. The molecule has 4 nitrogen and oxygen atoms in total. The van der Waals surface area contributed by atoms with Gasteiger partial charge in [0.1, 0.15) is 38.4 Å². The number of nitrogens with zero attached hydrogens (tertiary/aromatic N) is 2. The normalized spacial score (nSPS) is 35.9. The van der Waals surface area contributed by atoms with E-state index in [1.165, 1.54) is 74.1 Å². The second kappa shape index (κ2) is 10.3. The van der Waals surface area contributed by atoms with Crippen molar-refractivity contribution in [2.45, 2.75) is 51.0 Å². The van der Waals surface area contributed by atoms with Gasteiger partial charge in [0.2, 0.25) is 0 Å². The highest BCUT2D eigenvalue weighted by atomic mass is 79.9. The maximum atomic E-state index is 10.5. The number of fused-ring (bicyclic) bond motifs is 6. The van der Waals surface area contributed by atoms with Crippen molar-refractivity contribution < 1.29 is 53.1 Å². The van der Waals surface area contributed by atoms with Crippen molar-refractivity contribution in [3.8, 4) is 11.1 Å². The molecule has 6 aliphatic rings. The molecule has 6 heteroatoms. The summed E-state index contributed by atoms with van der Waals surface area (Å²) in [4.78, 5) is 0. The molecular weight excluding hydrogens is 556 g/mol. The molecule has 6 fully saturated rings. The van der Waals surface area contributed by atoms with E-state index in [0.717, 1.165) is 35.1 Å². The van der Waals surface area contributed by atoms with Crippen molar-refractivity contribution in [2.24, 2.45) is 11.8 Å². The lowest BCUT2D eigenvalue weighted by Gasteiger charge is -2.51. The first-order chi connectivity index (χ1) is 15.5. The van der Waals surface area contributed by atoms with Gasteiger partial charge in [-0.15, -0.1) is 0 Å². The van der Waals surface area contributed by atoms with Crippen LogP contribution < -0.4 is 34.0 Å². The second-order valence-corrected chi connectivity index (χ2v) is 11.5. The van der Waals surface area contributed by atoms with E-state index in [2.05, 4.69) is 48.5 Å². The van der Waals surface area contributed by atoms with Gasteiger partial charge in [0.05, 0.1) is 26.2 Å². The summed E-state index contributed by atoms with van der Waals surface area (Å²) in [7, 11) is 0. The summed E-state index contributed by atoms with van der Waals surface area (Å²) in [6, 6.07) is 18.2. The summed E-state index contributed by atoms with van der Waals surface area (Å²) in [5.41, 5.74) is 5.38. The van der Waals surface area contributed by atoms with Crippen LogP contribution in [0, 0.1) is 11.8 Å². The predicted molar refractivity (Wildman–Crippen MR) is 126 cm³/mol. The second-order valence-electron chi connectivity index (χ2n) is 11.5. The van der Waals surface area contributed by atoms with Crippen LogP contribution in [0.5, 0.6) is 0 Å². The third-order valence-corrected chi connectivity index (χ3v) is 9.36. The number of rotatable bonds is 5. The quantitative estimate of drug-likeness (QED) is 0.379. The van der Waals surface area contributed by atoms with Crippen LogP contribution in [0.4, 0.5) is 0 Å². The predicted octanol–water partition coefficient (Wildman–Crippen LogP) is -2.44. The van der Waals surface area contributed by atoms with E-state index in [9.17, 15) is 10.2 Å². The molecule has 0 saturated carbocycles. The van der Waals surface area contributed by atoms with Gasteiger partial charge in [-0.2, -0.15) is 0 Å². The van der Waals surface area contributed by atoms with Crippen LogP contribution >= 0.6 is 0 Å². The highest BCUT2D eigenvalue weighted by Crippen LogP contribution is 2.37. The van der Waals surface area contributed by atoms with Crippen molar-refractivity contribution in [3.63, 3.8) is 0 Å². The highest BCUT2D eigenvalue weighted by molar-refractivity contribution is 5.64. The molecule has 6 saturated heterocycles. The Balaban J connectivity index is 0.00000137. The number of aliphatic hydroxyl groups excluding tert-OH is 2. The van der Waals surface area contributed by atoms with E-state index in [1.807, 2.05) is 0 Å². The molecule has 0 amide bonds. The van der Waals surface area contributed by atoms with Crippen LogP contribution in [0.15, 0.2) is 48.5 Å². The Morgan fingerprint density at radius 1 is 0.618 bits per heavy atom. The van der Waals surface area contributed by atoms with Crippen LogP contribution in [-0.2, 0) is 13.1 Å². The molecule has 0 aliphatic carbocycles. The summed E-state index contributed by atoms with van der Waals surface area (Å²) >= 11 is 0. The Kier molecular flexibility index (Phi) is 7.98. The lowest BCUT2D eigenvalue weighted by molar-refractivity contribution is -0.958. The number of piperidine rings is 6. The molecule has 0 aromatic heterocycles. The standard InChI is InChI=1S/C28H38N2O2.2BrH/c31-27-19-29(11-7-23(27)8-12-29)17-21-3-1-5-25(15-21)26-6-2-4-22(16-26)18-30-13-9-24(10-14-30)28(32)20-30;;/h1-6,15-16,23-24,27-28,31-32H,7-14,17-20H2;2*1H/q+2;;/p-2. The van der Waals surface area contributed by atoms with Gasteiger partial charge in [-0.25, -0.2) is 0 Å². The molecule has 6 heterocycles. The molecule has 8 rings (SSSR count). The van der Waals surface area contributed by atoms with Crippen LogP contribution in [0.2, 0.25) is 0 Å². The molecule has 2 aromatic carbocycles. The smallest absolute Gasteiger partial charge is 0.106 e. The van der Waals surface area contributed by atoms with E-state index in [4.69, 9.17) is 0 Å². The van der Waals surface area contributed by atoms with Gasteiger partial charge in [0.15, 0.2) is 0 Å².